The predicted molar refractivity (Wildman–Crippen MR) is 85.8 cm³/mol. The monoisotopic (exact) mass is 331 g/mol. The van der Waals surface area contributed by atoms with Gasteiger partial charge < -0.3 is 14.5 Å². The number of carbonyl (C=O) groups excluding carboxylic acids is 1. The molecule has 0 spiro atoms. The van der Waals surface area contributed by atoms with Crippen molar-refractivity contribution in [3.05, 3.63) is 65.0 Å². The third-order valence-corrected chi connectivity index (χ3v) is 4.10. The Morgan fingerprint density at radius 1 is 1.26 bits per heavy atom. The number of carbonyl (C=O) groups is 1. The minimum Gasteiger partial charge on any atom is -0.481 e. The van der Waals surface area contributed by atoms with E-state index < -0.39 is 5.82 Å². The van der Waals surface area contributed by atoms with Crippen LogP contribution in [0.5, 0.6) is 5.75 Å². The highest BCUT2D eigenvalue weighted by molar-refractivity contribution is 7.10. The fourth-order valence-corrected chi connectivity index (χ4v) is 2.83. The van der Waals surface area contributed by atoms with Gasteiger partial charge in [-0.1, -0.05) is 12.1 Å². The van der Waals surface area contributed by atoms with Crippen molar-refractivity contribution >= 4 is 17.2 Å². The van der Waals surface area contributed by atoms with Crippen molar-refractivity contribution in [1.82, 2.24) is 5.32 Å². The zero-order valence-corrected chi connectivity index (χ0v) is 12.9. The molecule has 3 rings (SSSR count). The molecule has 2 aromatic heterocycles. The Kier molecular flexibility index (Phi) is 4.73. The highest BCUT2D eigenvalue weighted by Gasteiger charge is 2.08. The van der Waals surface area contributed by atoms with E-state index in [0.29, 0.717) is 6.54 Å². The number of ether oxygens (including phenoxy) is 1. The first-order valence-corrected chi connectivity index (χ1v) is 7.84. The molecule has 0 aliphatic carbocycles. The molecule has 6 heteroatoms. The average molecular weight is 331 g/mol. The van der Waals surface area contributed by atoms with Gasteiger partial charge in [0.1, 0.15) is 0 Å². The van der Waals surface area contributed by atoms with E-state index in [1.807, 2.05) is 17.5 Å². The van der Waals surface area contributed by atoms with Crippen molar-refractivity contribution in [2.24, 2.45) is 0 Å². The summed E-state index contributed by atoms with van der Waals surface area (Å²) in [4.78, 5) is 12.8. The molecule has 1 amide bonds. The van der Waals surface area contributed by atoms with Crippen LogP contribution in [0.3, 0.4) is 0 Å². The number of nitrogens with one attached hydrogen (secondary N) is 1. The summed E-state index contributed by atoms with van der Waals surface area (Å²) in [5.74, 6) is -0.712. The highest BCUT2D eigenvalue weighted by Crippen LogP contribution is 2.25. The minimum absolute atomic E-state index is 0.0704. The summed E-state index contributed by atoms with van der Waals surface area (Å²) in [6.07, 6.45) is 3.29. The van der Waals surface area contributed by atoms with Crippen molar-refractivity contribution in [2.75, 3.05) is 6.61 Å². The molecule has 118 valence electrons. The second-order valence-corrected chi connectivity index (χ2v) is 5.81. The summed E-state index contributed by atoms with van der Waals surface area (Å²) in [6.45, 7) is 0.183. The summed E-state index contributed by atoms with van der Waals surface area (Å²) < 4.78 is 23.6. The van der Waals surface area contributed by atoms with Crippen molar-refractivity contribution in [3.63, 3.8) is 0 Å². The van der Waals surface area contributed by atoms with Crippen molar-refractivity contribution in [1.29, 1.82) is 0 Å². The van der Waals surface area contributed by atoms with Gasteiger partial charge in [-0.3, -0.25) is 4.79 Å². The van der Waals surface area contributed by atoms with Crippen LogP contribution in [-0.4, -0.2) is 12.5 Å². The number of amides is 1. The Morgan fingerprint density at radius 3 is 2.91 bits per heavy atom. The maximum Gasteiger partial charge on any atom is 0.258 e. The summed E-state index contributed by atoms with van der Waals surface area (Å²) in [6, 6.07) is 9.87. The molecule has 0 saturated carbocycles. The molecular weight excluding hydrogens is 317 g/mol. The lowest BCUT2D eigenvalue weighted by atomic mass is 10.2. The van der Waals surface area contributed by atoms with Crippen LogP contribution in [-0.2, 0) is 11.3 Å². The molecule has 0 bridgehead atoms. The summed E-state index contributed by atoms with van der Waals surface area (Å²) >= 11 is 1.55. The van der Waals surface area contributed by atoms with Crippen LogP contribution in [0.4, 0.5) is 4.39 Å². The van der Waals surface area contributed by atoms with Crippen LogP contribution in [0, 0.1) is 5.82 Å². The molecule has 0 fully saturated rings. The molecule has 0 saturated heterocycles. The molecule has 0 unspecified atom stereocenters. The third-order valence-electron chi connectivity index (χ3n) is 3.16. The number of benzene rings is 1. The predicted octanol–water partition coefficient (Wildman–Crippen LogP) is 3.84. The van der Waals surface area contributed by atoms with E-state index in [1.54, 1.807) is 36.0 Å². The van der Waals surface area contributed by atoms with Gasteiger partial charge in [-0.05, 0) is 35.2 Å². The number of rotatable bonds is 6. The van der Waals surface area contributed by atoms with Crippen LogP contribution in [0.15, 0.2) is 58.7 Å². The molecule has 4 nitrogen and oxygen atoms in total. The SMILES string of the molecule is O=C(COc1ccccc1F)NCc1cc(-c2ccoc2)cs1. The van der Waals surface area contributed by atoms with Gasteiger partial charge in [0.2, 0.25) is 0 Å². The lowest BCUT2D eigenvalue weighted by Crippen LogP contribution is -2.28. The Hall–Kier alpha value is -2.60. The van der Waals surface area contributed by atoms with Crippen molar-refractivity contribution in [3.8, 4) is 16.9 Å². The van der Waals surface area contributed by atoms with Gasteiger partial charge in [-0.15, -0.1) is 11.3 Å². The third kappa shape index (κ3) is 3.98. The van der Waals surface area contributed by atoms with Crippen LogP contribution in [0.2, 0.25) is 0 Å². The molecule has 2 heterocycles. The maximum absolute atomic E-state index is 13.4. The first-order chi connectivity index (χ1) is 11.2. The van der Waals surface area contributed by atoms with E-state index in [-0.39, 0.29) is 18.3 Å². The van der Waals surface area contributed by atoms with Crippen LogP contribution in [0.1, 0.15) is 4.88 Å². The molecule has 0 aliphatic heterocycles. The molecule has 1 aromatic carbocycles. The number of halogens is 1. The summed E-state index contributed by atoms with van der Waals surface area (Å²) in [5.41, 5.74) is 2.05. The molecule has 0 aliphatic rings. The lowest BCUT2D eigenvalue weighted by Gasteiger charge is -2.07. The average Bonchev–Trinajstić information content (AvgIpc) is 3.23. The Labute approximate surface area is 136 Å². The number of hydrogen-bond donors (Lipinski definition) is 1. The van der Waals surface area contributed by atoms with Gasteiger partial charge in [-0.2, -0.15) is 0 Å². The van der Waals surface area contributed by atoms with Crippen molar-refractivity contribution < 1.29 is 18.3 Å². The van der Waals surface area contributed by atoms with Crippen LogP contribution >= 0.6 is 11.3 Å². The van der Waals surface area contributed by atoms with Gasteiger partial charge in [0.25, 0.3) is 5.91 Å². The smallest absolute Gasteiger partial charge is 0.258 e. The van der Waals surface area contributed by atoms with E-state index in [4.69, 9.17) is 9.15 Å². The molecular formula is C17H14FNO3S. The maximum atomic E-state index is 13.4. The standard InChI is InChI=1S/C17H14FNO3S/c18-15-3-1-2-4-16(15)22-10-17(20)19-8-14-7-13(11-23-14)12-5-6-21-9-12/h1-7,9,11H,8,10H2,(H,19,20). The van der Waals surface area contributed by atoms with E-state index in [9.17, 15) is 9.18 Å². The quantitative estimate of drug-likeness (QED) is 0.746. The van der Waals surface area contributed by atoms with Crippen LogP contribution in [0.25, 0.3) is 11.1 Å². The van der Waals surface area contributed by atoms with E-state index in [1.165, 1.54) is 12.1 Å². The molecule has 3 aromatic rings. The second kappa shape index (κ2) is 7.11. The molecule has 0 radical (unpaired) electrons. The second-order valence-electron chi connectivity index (χ2n) is 4.81. The van der Waals surface area contributed by atoms with Crippen molar-refractivity contribution in [2.45, 2.75) is 6.54 Å². The van der Waals surface area contributed by atoms with E-state index in [0.717, 1.165) is 16.0 Å². The number of thiophene rings is 1. The number of furan rings is 1. The Balaban J connectivity index is 1.49. The minimum atomic E-state index is -0.483. The Bertz CT molecular complexity index is 783. The van der Waals surface area contributed by atoms with E-state index in [2.05, 4.69) is 5.32 Å². The number of para-hydroxylation sites is 1. The van der Waals surface area contributed by atoms with E-state index >= 15 is 0 Å². The summed E-state index contributed by atoms with van der Waals surface area (Å²) in [5, 5.41) is 4.75. The Morgan fingerprint density at radius 2 is 2.13 bits per heavy atom. The molecule has 1 N–H and O–H groups in total. The lowest BCUT2D eigenvalue weighted by molar-refractivity contribution is -0.123. The zero-order chi connectivity index (χ0) is 16.1. The first-order valence-electron chi connectivity index (χ1n) is 6.96. The molecule has 23 heavy (non-hydrogen) atoms. The first kappa shape index (κ1) is 15.3. The number of hydrogen-bond acceptors (Lipinski definition) is 4. The van der Waals surface area contributed by atoms with Gasteiger partial charge in [0, 0.05) is 10.4 Å². The highest BCUT2D eigenvalue weighted by atomic mass is 32.1. The molecule has 0 atom stereocenters. The van der Waals surface area contributed by atoms with Gasteiger partial charge in [-0.25, -0.2) is 4.39 Å². The largest absolute Gasteiger partial charge is 0.481 e. The van der Waals surface area contributed by atoms with Gasteiger partial charge in [0.15, 0.2) is 18.2 Å². The van der Waals surface area contributed by atoms with Gasteiger partial charge in [0.05, 0.1) is 19.1 Å². The fraction of sp³-hybridized carbons (Fsp3) is 0.118. The fourth-order valence-electron chi connectivity index (χ4n) is 2.00. The zero-order valence-electron chi connectivity index (χ0n) is 12.1. The normalized spacial score (nSPS) is 10.5. The van der Waals surface area contributed by atoms with Gasteiger partial charge >= 0.3 is 0 Å². The topological polar surface area (TPSA) is 51.5 Å². The summed E-state index contributed by atoms with van der Waals surface area (Å²) in [7, 11) is 0. The van der Waals surface area contributed by atoms with Crippen LogP contribution < -0.4 is 10.1 Å².